The van der Waals surface area contributed by atoms with E-state index in [0.29, 0.717) is 11.5 Å². The second-order valence-electron chi connectivity index (χ2n) is 7.83. The van der Waals surface area contributed by atoms with E-state index in [2.05, 4.69) is 0 Å². The van der Waals surface area contributed by atoms with Crippen LogP contribution in [0.25, 0.3) is 6.08 Å². The van der Waals surface area contributed by atoms with Crippen LogP contribution in [-0.2, 0) is 4.79 Å². The van der Waals surface area contributed by atoms with Crippen molar-refractivity contribution < 1.29 is 14.6 Å². The van der Waals surface area contributed by atoms with Crippen LogP contribution in [0.1, 0.15) is 44.1 Å². The summed E-state index contributed by atoms with van der Waals surface area (Å²) < 4.78 is 5.05. The molecule has 4 saturated carbocycles. The fourth-order valence-corrected chi connectivity index (χ4v) is 5.57. The third-order valence-electron chi connectivity index (χ3n) is 6.19. The summed E-state index contributed by atoms with van der Waals surface area (Å²) in [5.41, 5.74) is 0.751. The van der Waals surface area contributed by atoms with Crippen molar-refractivity contribution in [2.24, 2.45) is 23.2 Å². The van der Waals surface area contributed by atoms with Crippen molar-refractivity contribution >= 4 is 11.9 Å². The molecule has 122 valence electrons. The van der Waals surface area contributed by atoms with E-state index < -0.39 is 0 Å². The number of carbonyl (C=O) groups excluding carboxylic acids is 1. The average molecular weight is 312 g/mol. The maximum absolute atomic E-state index is 12.9. The van der Waals surface area contributed by atoms with Crippen molar-refractivity contribution in [3.05, 3.63) is 29.8 Å². The van der Waals surface area contributed by atoms with Crippen LogP contribution >= 0.6 is 0 Å². The Balaban J connectivity index is 1.52. The summed E-state index contributed by atoms with van der Waals surface area (Å²) in [6.45, 7) is 0. The Kier molecular flexibility index (Phi) is 3.47. The predicted octanol–water partition coefficient (Wildman–Crippen LogP) is 4.20. The Labute approximate surface area is 137 Å². The molecule has 4 fully saturated rings. The fraction of sp³-hybridized carbons (Fsp3) is 0.550. The number of ether oxygens (including phenoxy) is 1. The van der Waals surface area contributed by atoms with Crippen LogP contribution in [0, 0.1) is 23.2 Å². The topological polar surface area (TPSA) is 46.5 Å². The summed E-state index contributed by atoms with van der Waals surface area (Å²) in [6.07, 6.45) is 10.9. The molecular weight excluding hydrogens is 288 g/mol. The van der Waals surface area contributed by atoms with Gasteiger partial charge in [-0.25, -0.2) is 0 Å². The van der Waals surface area contributed by atoms with E-state index in [9.17, 15) is 9.90 Å². The Morgan fingerprint density at radius 3 is 2.30 bits per heavy atom. The number of carbonyl (C=O) groups is 1. The highest BCUT2D eigenvalue weighted by Gasteiger charge is 2.53. The fourth-order valence-electron chi connectivity index (χ4n) is 5.57. The number of benzene rings is 1. The summed E-state index contributed by atoms with van der Waals surface area (Å²) in [4.78, 5) is 12.9. The molecule has 1 aromatic rings. The Morgan fingerprint density at radius 2 is 1.78 bits per heavy atom. The first-order valence-corrected chi connectivity index (χ1v) is 8.67. The van der Waals surface area contributed by atoms with Gasteiger partial charge >= 0.3 is 0 Å². The van der Waals surface area contributed by atoms with Crippen molar-refractivity contribution in [1.29, 1.82) is 0 Å². The number of allylic oxidation sites excluding steroid dienone is 1. The molecule has 4 aliphatic rings. The van der Waals surface area contributed by atoms with Crippen molar-refractivity contribution in [1.82, 2.24) is 0 Å². The van der Waals surface area contributed by atoms with E-state index in [4.69, 9.17) is 4.74 Å². The zero-order valence-electron chi connectivity index (χ0n) is 13.6. The summed E-state index contributed by atoms with van der Waals surface area (Å²) in [7, 11) is 1.53. The van der Waals surface area contributed by atoms with Gasteiger partial charge in [0, 0.05) is 5.41 Å². The molecule has 0 aromatic heterocycles. The van der Waals surface area contributed by atoms with E-state index in [1.54, 1.807) is 18.2 Å². The highest BCUT2D eigenvalue weighted by Crippen LogP contribution is 2.60. The minimum Gasteiger partial charge on any atom is -0.504 e. The van der Waals surface area contributed by atoms with Crippen LogP contribution in [0.4, 0.5) is 0 Å². The lowest BCUT2D eigenvalue weighted by Crippen LogP contribution is -2.49. The first-order valence-electron chi connectivity index (χ1n) is 8.67. The molecular formula is C20H24O3. The number of methoxy groups -OCH3 is 1. The van der Waals surface area contributed by atoms with E-state index in [1.165, 1.54) is 26.4 Å². The lowest BCUT2D eigenvalue weighted by molar-refractivity contribution is -0.138. The Morgan fingerprint density at radius 1 is 1.17 bits per heavy atom. The van der Waals surface area contributed by atoms with Gasteiger partial charge in [0.15, 0.2) is 17.3 Å². The van der Waals surface area contributed by atoms with Gasteiger partial charge in [0.2, 0.25) is 0 Å². The van der Waals surface area contributed by atoms with Crippen LogP contribution in [0.15, 0.2) is 24.3 Å². The third kappa shape index (κ3) is 2.56. The molecule has 0 spiro atoms. The van der Waals surface area contributed by atoms with E-state index in [1.807, 2.05) is 12.1 Å². The van der Waals surface area contributed by atoms with Crippen LogP contribution in [0.2, 0.25) is 0 Å². The summed E-state index contributed by atoms with van der Waals surface area (Å²) >= 11 is 0. The molecule has 0 radical (unpaired) electrons. The molecule has 0 saturated heterocycles. The summed E-state index contributed by atoms with van der Waals surface area (Å²) in [6, 6.07) is 5.23. The van der Waals surface area contributed by atoms with E-state index in [-0.39, 0.29) is 11.2 Å². The SMILES string of the molecule is COc1ccc(/C=C/C(=O)C23CC4CC(CC(C4)C2)C3)cc1O. The minimum atomic E-state index is -0.0836. The average Bonchev–Trinajstić information content (AvgIpc) is 2.51. The zero-order chi connectivity index (χ0) is 16.0. The van der Waals surface area contributed by atoms with Crippen LogP contribution in [0.3, 0.4) is 0 Å². The van der Waals surface area contributed by atoms with Crippen molar-refractivity contribution in [3.8, 4) is 11.5 Å². The molecule has 23 heavy (non-hydrogen) atoms. The molecule has 1 aromatic carbocycles. The van der Waals surface area contributed by atoms with Crippen LogP contribution in [-0.4, -0.2) is 18.0 Å². The van der Waals surface area contributed by atoms with Crippen LogP contribution < -0.4 is 4.74 Å². The Hall–Kier alpha value is -1.77. The molecule has 1 N–H and O–H groups in total. The molecule has 0 amide bonds. The monoisotopic (exact) mass is 312 g/mol. The molecule has 4 aliphatic carbocycles. The van der Waals surface area contributed by atoms with E-state index >= 15 is 0 Å². The zero-order valence-corrected chi connectivity index (χ0v) is 13.6. The van der Waals surface area contributed by atoms with Gasteiger partial charge in [-0.2, -0.15) is 0 Å². The number of ketones is 1. The summed E-state index contributed by atoms with van der Waals surface area (Å²) in [5, 5.41) is 9.84. The number of phenols is 1. The molecule has 0 aliphatic heterocycles. The molecule has 3 heteroatoms. The maximum Gasteiger partial charge on any atom is 0.161 e. The molecule has 3 nitrogen and oxygen atoms in total. The number of hydrogen-bond donors (Lipinski definition) is 1. The van der Waals surface area contributed by atoms with Gasteiger partial charge in [0.1, 0.15) is 0 Å². The highest BCUT2D eigenvalue weighted by atomic mass is 16.5. The summed E-state index contributed by atoms with van der Waals surface area (Å²) in [5.74, 6) is 3.20. The molecule has 5 rings (SSSR count). The largest absolute Gasteiger partial charge is 0.504 e. The van der Waals surface area contributed by atoms with Crippen molar-refractivity contribution in [3.63, 3.8) is 0 Å². The first kappa shape index (κ1) is 14.8. The normalized spacial score (nSPS) is 34.9. The quantitative estimate of drug-likeness (QED) is 0.848. The molecule has 0 heterocycles. The Bertz CT molecular complexity index is 624. The standard InChI is InChI=1S/C20H24O3/c1-23-18-4-2-13(9-17(18)21)3-5-19(22)20-10-14-6-15(11-20)8-16(7-14)12-20/h2-5,9,14-16,21H,6-8,10-12H2,1H3/b5-3+. The van der Waals surface area contributed by atoms with Gasteiger partial charge in [0.25, 0.3) is 0 Å². The van der Waals surface area contributed by atoms with Gasteiger partial charge in [0.05, 0.1) is 7.11 Å². The second kappa shape index (κ2) is 5.40. The molecule has 4 bridgehead atoms. The van der Waals surface area contributed by atoms with Gasteiger partial charge < -0.3 is 9.84 Å². The number of rotatable bonds is 4. The predicted molar refractivity (Wildman–Crippen MR) is 89.3 cm³/mol. The lowest BCUT2D eigenvalue weighted by atomic mass is 9.48. The number of phenolic OH excluding ortho intramolecular Hbond substituents is 1. The lowest BCUT2D eigenvalue weighted by Gasteiger charge is -2.55. The molecule has 0 atom stereocenters. The van der Waals surface area contributed by atoms with Gasteiger partial charge in [-0.15, -0.1) is 0 Å². The van der Waals surface area contributed by atoms with Crippen molar-refractivity contribution in [2.75, 3.05) is 7.11 Å². The first-order chi connectivity index (χ1) is 11.1. The van der Waals surface area contributed by atoms with E-state index in [0.717, 1.165) is 42.6 Å². The minimum absolute atomic E-state index is 0.0836. The number of aromatic hydroxyl groups is 1. The van der Waals surface area contributed by atoms with Gasteiger partial charge in [-0.1, -0.05) is 12.1 Å². The molecule has 0 unspecified atom stereocenters. The smallest absolute Gasteiger partial charge is 0.161 e. The maximum atomic E-state index is 12.9. The third-order valence-corrected chi connectivity index (χ3v) is 6.19. The van der Waals surface area contributed by atoms with Gasteiger partial charge in [-0.05, 0) is 80.1 Å². The second-order valence-corrected chi connectivity index (χ2v) is 7.83. The van der Waals surface area contributed by atoms with Crippen molar-refractivity contribution in [2.45, 2.75) is 38.5 Å². The van der Waals surface area contributed by atoms with Crippen LogP contribution in [0.5, 0.6) is 11.5 Å². The van der Waals surface area contributed by atoms with Gasteiger partial charge in [-0.3, -0.25) is 4.79 Å². The highest BCUT2D eigenvalue weighted by molar-refractivity contribution is 5.98. The number of hydrogen-bond acceptors (Lipinski definition) is 3.